The second kappa shape index (κ2) is 6.07. The Bertz CT molecular complexity index is 660. The lowest BCUT2D eigenvalue weighted by Crippen LogP contribution is -2.46. The van der Waals surface area contributed by atoms with Gasteiger partial charge in [0.25, 0.3) is 0 Å². The smallest absolute Gasteiger partial charge is 0.225 e. The maximum absolute atomic E-state index is 4.72. The van der Waals surface area contributed by atoms with Crippen molar-refractivity contribution in [2.75, 3.05) is 41.3 Å². The van der Waals surface area contributed by atoms with Crippen molar-refractivity contribution in [3.63, 3.8) is 0 Å². The fourth-order valence-electron chi connectivity index (χ4n) is 3.02. The summed E-state index contributed by atoms with van der Waals surface area (Å²) in [4.78, 5) is 14.0. The largest absolute Gasteiger partial charge is 0.368 e. The van der Waals surface area contributed by atoms with E-state index in [4.69, 9.17) is 4.98 Å². The first-order chi connectivity index (χ1) is 11.3. The number of aryl methyl sites for hydroxylation is 1. The maximum atomic E-state index is 4.72. The number of rotatable bonds is 4. The summed E-state index contributed by atoms with van der Waals surface area (Å²) in [7, 11) is 0. The molecule has 5 heteroatoms. The van der Waals surface area contributed by atoms with Crippen molar-refractivity contribution >= 4 is 17.5 Å². The van der Waals surface area contributed by atoms with Crippen LogP contribution < -0.4 is 15.1 Å². The molecular weight excluding hydrogens is 286 g/mol. The molecule has 5 nitrogen and oxygen atoms in total. The molecule has 2 aliphatic rings. The quantitative estimate of drug-likeness (QED) is 0.941. The molecule has 0 radical (unpaired) electrons. The van der Waals surface area contributed by atoms with Crippen LogP contribution in [0.3, 0.4) is 0 Å². The molecule has 0 unspecified atom stereocenters. The molecular formula is C18H23N5. The van der Waals surface area contributed by atoms with Gasteiger partial charge in [0, 0.05) is 49.7 Å². The van der Waals surface area contributed by atoms with Crippen molar-refractivity contribution in [2.24, 2.45) is 0 Å². The summed E-state index contributed by atoms with van der Waals surface area (Å²) in [6.45, 7) is 6.09. The highest BCUT2D eigenvalue weighted by Crippen LogP contribution is 2.25. The zero-order valence-corrected chi connectivity index (χ0v) is 13.6. The van der Waals surface area contributed by atoms with Crippen LogP contribution in [0.25, 0.3) is 0 Å². The van der Waals surface area contributed by atoms with E-state index in [0.29, 0.717) is 6.04 Å². The molecule has 2 heterocycles. The van der Waals surface area contributed by atoms with Gasteiger partial charge >= 0.3 is 0 Å². The Morgan fingerprint density at radius 2 is 1.65 bits per heavy atom. The Morgan fingerprint density at radius 3 is 2.35 bits per heavy atom. The Labute approximate surface area is 137 Å². The average molecular weight is 309 g/mol. The second-order valence-electron chi connectivity index (χ2n) is 6.42. The first kappa shape index (κ1) is 14.3. The van der Waals surface area contributed by atoms with E-state index in [1.165, 1.54) is 18.5 Å². The van der Waals surface area contributed by atoms with Gasteiger partial charge in [0.2, 0.25) is 5.95 Å². The standard InChI is InChI=1S/C18H23N5/c1-14-13-17(21-18(19-14)20-15-7-8-15)23-11-9-22(10-12-23)16-5-3-2-4-6-16/h2-6,13,15H,7-12H2,1H3,(H,19,20,21). The zero-order chi connectivity index (χ0) is 15.6. The number of piperazine rings is 1. The van der Waals surface area contributed by atoms with Crippen LogP contribution in [0, 0.1) is 6.92 Å². The molecule has 1 aromatic carbocycles. The van der Waals surface area contributed by atoms with E-state index < -0.39 is 0 Å². The van der Waals surface area contributed by atoms with E-state index in [1.807, 2.05) is 6.92 Å². The molecule has 1 saturated heterocycles. The van der Waals surface area contributed by atoms with E-state index in [-0.39, 0.29) is 0 Å². The molecule has 0 spiro atoms. The maximum Gasteiger partial charge on any atom is 0.225 e. The van der Waals surface area contributed by atoms with E-state index >= 15 is 0 Å². The summed E-state index contributed by atoms with van der Waals surface area (Å²) in [6, 6.07) is 13.3. The van der Waals surface area contributed by atoms with Crippen molar-refractivity contribution in [1.29, 1.82) is 0 Å². The predicted octanol–water partition coefficient (Wildman–Crippen LogP) is 2.69. The van der Waals surface area contributed by atoms with Gasteiger partial charge in [0.15, 0.2) is 0 Å². The third-order valence-electron chi connectivity index (χ3n) is 4.48. The van der Waals surface area contributed by atoms with Gasteiger partial charge in [-0.3, -0.25) is 0 Å². The lowest BCUT2D eigenvalue weighted by Gasteiger charge is -2.36. The number of hydrogen-bond acceptors (Lipinski definition) is 5. The molecule has 2 fully saturated rings. The van der Waals surface area contributed by atoms with Gasteiger partial charge in [-0.05, 0) is 31.9 Å². The lowest BCUT2D eigenvalue weighted by molar-refractivity contribution is 0.646. The fraction of sp³-hybridized carbons (Fsp3) is 0.444. The molecule has 4 rings (SSSR count). The molecule has 0 bridgehead atoms. The van der Waals surface area contributed by atoms with Gasteiger partial charge < -0.3 is 15.1 Å². The van der Waals surface area contributed by atoms with E-state index in [0.717, 1.165) is 43.6 Å². The van der Waals surface area contributed by atoms with Crippen LogP contribution in [0.2, 0.25) is 0 Å². The summed E-state index contributed by atoms with van der Waals surface area (Å²) < 4.78 is 0. The van der Waals surface area contributed by atoms with Crippen LogP contribution in [-0.4, -0.2) is 42.2 Å². The third-order valence-corrected chi connectivity index (χ3v) is 4.48. The van der Waals surface area contributed by atoms with Crippen molar-refractivity contribution in [3.05, 3.63) is 42.1 Å². The van der Waals surface area contributed by atoms with Crippen LogP contribution >= 0.6 is 0 Å². The van der Waals surface area contributed by atoms with Crippen molar-refractivity contribution in [2.45, 2.75) is 25.8 Å². The second-order valence-corrected chi connectivity index (χ2v) is 6.42. The van der Waals surface area contributed by atoms with E-state index in [2.05, 4.69) is 56.5 Å². The number of aromatic nitrogens is 2. The van der Waals surface area contributed by atoms with Gasteiger partial charge in [-0.1, -0.05) is 18.2 Å². The molecule has 120 valence electrons. The summed E-state index contributed by atoms with van der Waals surface area (Å²) in [5, 5.41) is 3.41. The van der Waals surface area contributed by atoms with Crippen LogP contribution in [0.15, 0.2) is 36.4 Å². The van der Waals surface area contributed by atoms with Gasteiger partial charge in [0.05, 0.1) is 0 Å². The average Bonchev–Trinajstić information content (AvgIpc) is 3.39. The molecule has 1 aliphatic heterocycles. The van der Waals surface area contributed by atoms with Crippen LogP contribution in [0.1, 0.15) is 18.5 Å². The summed E-state index contributed by atoms with van der Waals surface area (Å²) in [6.07, 6.45) is 2.48. The highest BCUT2D eigenvalue weighted by atomic mass is 15.3. The summed E-state index contributed by atoms with van der Waals surface area (Å²) in [5.41, 5.74) is 2.34. The minimum absolute atomic E-state index is 0.583. The number of nitrogens with one attached hydrogen (secondary N) is 1. The van der Waals surface area contributed by atoms with Gasteiger partial charge in [-0.15, -0.1) is 0 Å². The molecule has 0 atom stereocenters. The summed E-state index contributed by atoms with van der Waals surface area (Å²) >= 11 is 0. The third kappa shape index (κ3) is 3.38. The first-order valence-corrected chi connectivity index (χ1v) is 8.45. The van der Waals surface area contributed by atoms with Crippen LogP contribution in [0.4, 0.5) is 17.5 Å². The normalized spacial score (nSPS) is 18.1. The molecule has 1 saturated carbocycles. The highest BCUT2D eigenvalue weighted by Gasteiger charge is 2.23. The molecule has 1 aromatic heterocycles. The molecule has 0 amide bonds. The highest BCUT2D eigenvalue weighted by molar-refractivity contribution is 5.50. The first-order valence-electron chi connectivity index (χ1n) is 8.45. The van der Waals surface area contributed by atoms with Gasteiger partial charge in [0.1, 0.15) is 5.82 Å². The zero-order valence-electron chi connectivity index (χ0n) is 13.6. The minimum Gasteiger partial charge on any atom is -0.368 e. The van der Waals surface area contributed by atoms with E-state index in [1.54, 1.807) is 0 Å². The number of anilines is 3. The summed E-state index contributed by atoms with van der Waals surface area (Å²) in [5.74, 6) is 1.83. The molecule has 2 aromatic rings. The number of nitrogens with zero attached hydrogens (tertiary/aromatic N) is 4. The lowest BCUT2D eigenvalue weighted by atomic mass is 10.2. The predicted molar refractivity (Wildman–Crippen MR) is 94.3 cm³/mol. The SMILES string of the molecule is Cc1cc(N2CCN(c3ccccc3)CC2)nc(NC2CC2)n1. The number of hydrogen-bond donors (Lipinski definition) is 1. The number of para-hydroxylation sites is 1. The van der Waals surface area contributed by atoms with Crippen molar-refractivity contribution in [1.82, 2.24) is 9.97 Å². The van der Waals surface area contributed by atoms with Gasteiger partial charge in [-0.25, -0.2) is 4.98 Å². The van der Waals surface area contributed by atoms with Crippen molar-refractivity contribution < 1.29 is 0 Å². The monoisotopic (exact) mass is 309 g/mol. The van der Waals surface area contributed by atoms with Gasteiger partial charge in [-0.2, -0.15) is 4.98 Å². The minimum atomic E-state index is 0.583. The molecule has 1 aliphatic carbocycles. The van der Waals surface area contributed by atoms with Crippen LogP contribution in [0.5, 0.6) is 0 Å². The van der Waals surface area contributed by atoms with E-state index in [9.17, 15) is 0 Å². The topological polar surface area (TPSA) is 44.3 Å². The fourth-order valence-corrected chi connectivity index (χ4v) is 3.02. The van der Waals surface area contributed by atoms with Crippen LogP contribution in [-0.2, 0) is 0 Å². The molecule has 23 heavy (non-hydrogen) atoms. The Morgan fingerprint density at radius 1 is 0.957 bits per heavy atom. The number of benzene rings is 1. The van der Waals surface area contributed by atoms with Crippen molar-refractivity contribution in [3.8, 4) is 0 Å². The Balaban J connectivity index is 1.44. The Hall–Kier alpha value is -2.30. The molecule has 1 N–H and O–H groups in total. The Kier molecular flexibility index (Phi) is 3.77.